The van der Waals surface area contributed by atoms with Crippen molar-refractivity contribution in [2.75, 3.05) is 11.9 Å². The lowest BCUT2D eigenvalue weighted by atomic mass is 10.0. The molecule has 1 aromatic heterocycles. The van der Waals surface area contributed by atoms with E-state index in [-0.39, 0.29) is 12.1 Å². The minimum Gasteiger partial charge on any atom is -0.337 e. The molecule has 0 unspecified atom stereocenters. The lowest BCUT2D eigenvalue weighted by Gasteiger charge is -2.33. The Morgan fingerprint density at radius 3 is 2.79 bits per heavy atom. The van der Waals surface area contributed by atoms with Gasteiger partial charge in [0.1, 0.15) is 6.04 Å². The summed E-state index contributed by atoms with van der Waals surface area (Å²) >= 11 is 5.95. The van der Waals surface area contributed by atoms with Crippen molar-refractivity contribution >= 4 is 23.3 Å². The predicted molar refractivity (Wildman–Crippen MR) is 113 cm³/mol. The van der Waals surface area contributed by atoms with Gasteiger partial charge in [-0.25, -0.2) is 4.79 Å². The molecule has 1 fully saturated rings. The molecular formula is C22H23ClN4O2. The first-order valence-corrected chi connectivity index (χ1v) is 10.3. The van der Waals surface area contributed by atoms with Crippen LogP contribution in [0.15, 0.2) is 53.1 Å². The molecule has 29 heavy (non-hydrogen) atoms. The highest BCUT2D eigenvalue weighted by molar-refractivity contribution is 6.30. The summed E-state index contributed by atoms with van der Waals surface area (Å²) in [6.07, 6.45) is 3.62. The number of amides is 2. The van der Waals surface area contributed by atoms with Crippen LogP contribution in [0.25, 0.3) is 11.4 Å². The van der Waals surface area contributed by atoms with E-state index in [4.69, 9.17) is 16.1 Å². The van der Waals surface area contributed by atoms with E-state index in [1.807, 2.05) is 36.4 Å². The largest absolute Gasteiger partial charge is 0.337 e. The van der Waals surface area contributed by atoms with Gasteiger partial charge in [-0.15, -0.1) is 0 Å². The maximum Gasteiger partial charge on any atom is 0.322 e. The molecule has 1 N–H and O–H groups in total. The summed E-state index contributed by atoms with van der Waals surface area (Å²) < 4.78 is 5.55. The van der Waals surface area contributed by atoms with Crippen molar-refractivity contribution in [2.24, 2.45) is 0 Å². The fourth-order valence-electron chi connectivity index (χ4n) is 3.66. The molecule has 0 radical (unpaired) electrons. The van der Waals surface area contributed by atoms with Crippen molar-refractivity contribution in [1.82, 2.24) is 15.0 Å². The molecule has 3 aromatic rings. The van der Waals surface area contributed by atoms with Gasteiger partial charge < -0.3 is 14.7 Å². The summed E-state index contributed by atoms with van der Waals surface area (Å²) in [5.74, 6) is 0.965. The monoisotopic (exact) mass is 410 g/mol. The molecule has 0 spiro atoms. The summed E-state index contributed by atoms with van der Waals surface area (Å²) in [6, 6.07) is 14.8. The topological polar surface area (TPSA) is 71.3 Å². The van der Waals surface area contributed by atoms with Crippen molar-refractivity contribution in [1.29, 1.82) is 0 Å². The Kier molecular flexibility index (Phi) is 5.81. The van der Waals surface area contributed by atoms with Crippen LogP contribution < -0.4 is 5.32 Å². The van der Waals surface area contributed by atoms with Gasteiger partial charge in [-0.2, -0.15) is 4.98 Å². The maximum atomic E-state index is 13.0. The molecule has 4 rings (SSSR count). The van der Waals surface area contributed by atoms with E-state index >= 15 is 0 Å². The van der Waals surface area contributed by atoms with Gasteiger partial charge in [-0.3, -0.25) is 0 Å². The van der Waals surface area contributed by atoms with E-state index in [1.165, 1.54) is 0 Å². The highest BCUT2D eigenvalue weighted by Crippen LogP contribution is 2.32. The van der Waals surface area contributed by atoms with Crippen molar-refractivity contribution in [3.63, 3.8) is 0 Å². The highest BCUT2D eigenvalue weighted by atomic mass is 35.5. The first kappa shape index (κ1) is 19.5. The summed E-state index contributed by atoms with van der Waals surface area (Å²) in [6.45, 7) is 2.73. The summed E-state index contributed by atoms with van der Waals surface area (Å²) in [5, 5.41) is 7.82. The molecule has 1 aliphatic rings. The number of aryl methyl sites for hydroxylation is 1. The average molecular weight is 411 g/mol. The zero-order valence-corrected chi connectivity index (χ0v) is 17.0. The Bertz CT molecular complexity index is 986. The third-order valence-corrected chi connectivity index (χ3v) is 5.48. The normalized spacial score (nSPS) is 16.6. The Labute approximate surface area is 174 Å². The number of nitrogens with one attached hydrogen (secondary N) is 1. The minimum atomic E-state index is -0.230. The van der Waals surface area contributed by atoms with Crippen molar-refractivity contribution in [2.45, 2.75) is 38.6 Å². The second-order valence-electron chi connectivity index (χ2n) is 7.11. The highest BCUT2D eigenvalue weighted by Gasteiger charge is 2.32. The van der Waals surface area contributed by atoms with Crippen LogP contribution in [0.1, 0.15) is 43.7 Å². The zero-order chi connectivity index (χ0) is 20.2. The molecule has 1 aliphatic heterocycles. The Balaban J connectivity index is 1.54. The molecule has 1 atom stereocenters. The standard InChI is InChI=1S/C22H23ClN4O2/c1-2-15-7-3-4-8-18(15)24-22(28)27-14-6-5-9-19(27)21-25-20(26-29-21)16-10-12-17(23)13-11-16/h3-4,7-8,10-13,19H,2,5-6,9,14H2,1H3,(H,24,28)/t19-/m0/s1. The Hall–Kier alpha value is -2.86. The number of carbonyl (C=O) groups excluding carboxylic acids is 1. The summed E-state index contributed by atoms with van der Waals surface area (Å²) in [4.78, 5) is 19.4. The number of hydrogen-bond donors (Lipinski definition) is 1. The lowest BCUT2D eigenvalue weighted by Crippen LogP contribution is -2.41. The van der Waals surface area contributed by atoms with Crippen LogP contribution in [0.2, 0.25) is 5.02 Å². The molecular weight excluding hydrogens is 388 g/mol. The van der Waals surface area contributed by atoms with Gasteiger partial charge in [-0.1, -0.05) is 41.9 Å². The molecule has 2 amide bonds. The fourth-order valence-corrected chi connectivity index (χ4v) is 3.78. The Morgan fingerprint density at radius 2 is 2.00 bits per heavy atom. The van der Waals surface area contributed by atoms with Crippen LogP contribution in [0, 0.1) is 0 Å². The minimum absolute atomic E-state index is 0.137. The number of hydrogen-bond acceptors (Lipinski definition) is 4. The molecule has 2 aromatic carbocycles. The number of likely N-dealkylation sites (tertiary alicyclic amines) is 1. The van der Waals surface area contributed by atoms with Crippen LogP contribution in [0.3, 0.4) is 0 Å². The lowest BCUT2D eigenvalue weighted by molar-refractivity contribution is 0.142. The number of rotatable bonds is 4. The Morgan fingerprint density at radius 1 is 1.21 bits per heavy atom. The zero-order valence-electron chi connectivity index (χ0n) is 16.3. The number of carbonyl (C=O) groups is 1. The second-order valence-corrected chi connectivity index (χ2v) is 7.55. The average Bonchev–Trinajstić information content (AvgIpc) is 3.25. The quantitative estimate of drug-likeness (QED) is 0.597. The molecule has 0 aliphatic carbocycles. The first-order valence-electron chi connectivity index (χ1n) is 9.90. The molecule has 0 saturated carbocycles. The number of urea groups is 1. The third kappa shape index (κ3) is 4.27. The molecule has 7 heteroatoms. The van der Waals surface area contributed by atoms with E-state index in [0.29, 0.717) is 23.3 Å². The van der Waals surface area contributed by atoms with Gasteiger partial charge >= 0.3 is 6.03 Å². The van der Waals surface area contributed by atoms with Gasteiger partial charge in [0.15, 0.2) is 0 Å². The number of benzene rings is 2. The molecule has 0 bridgehead atoms. The number of para-hydroxylation sites is 1. The van der Waals surface area contributed by atoms with Crippen molar-refractivity contribution < 1.29 is 9.32 Å². The number of nitrogens with zero attached hydrogens (tertiary/aromatic N) is 3. The third-order valence-electron chi connectivity index (χ3n) is 5.23. The first-order chi connectivity index (χ1) is 14.2. The van der Waals surface area contributed by atoms with Crippen molar-refractivity contribution in [3.8, 4) is 11.4 Å². The number of piperidine rings is 1. The van der Waals surface area contributed by atoms with Crippen molar-refractivity contribution in [3.05, 3.63) is 65.0 Å². The number of halogens is 1. The second kappa shape index (κ2) is 8.66. The van der Waals surface area contributed by atoms with Crippen LogP contribution >= 0.6 is 11.6 Å². The van der Waals surface area contributed by atoms with Gasteiger partial charge in [-0.05, 0) is 61.6 Å². The van der Waals surface area contributed by atoms with E-state index in [9.17, 15) is 4.79 Å². The SMILES string of the molecule is CCc1ccccc1NC(=O)N1CCCC[C@H]1c1nc(-c2ccc(Cl)cc2)no1. The summed E-state index contributed by atoms with van der Waals surface area (Å²) in [7, 11) is 0. The van der Waals surface area contributed by atoms with E-state index in [0.717, 1.165) is 42.5 Å². The molecule has 2 heterocycles. The van der Waals surface area contributed by atoms with Crippen LogP contribution in [-0.2, 0) is 6.42 Å². The van der Waals surface area contributed by atoms with Gasteiger partial charge in [0.2, 0.25) is 11.7 Å². The fraction of sp³-hybridized carbons (Fsp3) is 0.318. The van der Waals surface area contributed by atoms with Gasteiger partial charge in [0.05, 0.1) is 0 Å². The van der Waals surface area contributed by atoms with E-state index < -0.39 is 0 Å². The molecule has 6 nitrogen and oxygen atoms in total. The van der Waals surface area contributed by atoms with Crippen LogP contribution in [0.5, 0.6) is 0 Å². The maximum absolute atomic E-state index is 13.0. The van der Waals surface area contributed by atoms with Gasteiger partial charge in [0, 0.05) is 22.8 Å². The van der Waals surface area contributed by atoms with Gasteiger partial charge in [0.25, 0.3) is 0 Å². The summed E-state index contributed by atoms with van der Waals surface area (Å²) in [5.41, 5.74) is 2.78. The van der Waals surface area contributed by atoms with E-state index in [2.05, 4.69) is 22.4 Å². The smallest absolute Gasteiger partial charge is 0.322 e. The van der Waals surface area contributed by atoms with Crippen LogP contribution in [-0.4, -0.2) is 27.6 Å². The predicted octanol–water partition coefficient (Wildman–Crippen LogP) is 5.71. The molecule has 150 valence electrons. The molecule has 1 saturated heterocycles. The number of anilines is 1. The van der Waals surface area contributed by atoms with E-state index in [1.54, 1.807) is 17.0 Å². The van der Waals surface area contributed by atoms with Crippen LogP contribution in [0.4, 0.5) is 10.5 Å². The number of aromatic nitrogens is 2.